The molecule has 1 atom stereocenters. The summed E-state index contributed by atoms with van der Waals surface area (Å²) < 4.78 is 10.5. The number of nitrogens with one attached hydrogen (secondary N) is 3. The van der Waals surface area contributed by atoms with Gasteiger partial charge < -0.3 is 25.4 Å². The van der Waals surface area contributed by atoms with Crippen LogP contribution >= 0.6 is 0 Å². The van der Waals surface area contributed by atoms with E-state index in [-0.39, 0.29) is 24.4 Å². The predicted molar refractivity (Wildman–Crippen MR) is 130 cm³/mol. The topological polar surface area (TPSA) is 88.7 Å². The van der Waals surface area contributed by atoms with Crippen LogP contribution in [0.5, 0.6) is 5.75 Å². The molecule has 0 aliphatic heterocycles. The van der Waals surface area contributed by atoms with E-state index in [9.17, 15) is 9.59 Å². The number of hydrogen-bond acceptors (Lipinski definition) is 5. The maximum Gasteiger partial charge on any atom is 0.251 e. The van der Waals surface area contributed by atoms with Gasteiger partial charge in [0.2, 0.25) is 5.91 Å². The molecule has 0 heterocycles. The molecule has 1 unspecified atom stereocenters. The van der Waals surface area contributed by atoms with Crippen molar-refractivity contribution in [3.8, 4) is 5.75 Å². The fourth-order valence-corrected chi connectivity index (χ4v) is 3.14. The van der Waals surface area contributed by atoms with E-state index >= 15 is 0 Å². The standard InChI is InChI=1S/C26H29N3O4/c1-19(20-7-4-3-5-8-20)28-26(31)21-9-6-10-23(17-21)29-25(30)18-27-22-11-13-24(14-12-22)33-16-15-32-2/h3-14,17,19,27H,15-16,18H2,1-2H3,(H,28,31)(H,29,30). The molecule has 172 valence electrons. The number of ether oxygens (including phenoxy) is 2. The van der Waals surface area contributed by atoms with Crippen LogP contribution in [0.25, 0.3) is 0 Å². The molecule has 3 N–H and O–H groups in total. The summed E-state index contributed by atoms with van der Waals surface area (Å²) in [5.74, 6) is 0.317. The average molecular weight is 448 g/mol. The van der Waals surface area contributed by atoms with Crippen molar-refractivity contribution in [1.82, 2.24) is 5.32 Å². The summed E-state index contributed by atoms with van der Waals surface area (Å²) in [6.45, 7) is 3.02. The molecular weight excluding hydrogens is 418 g/mol. The summed E-state index contributed by atoms with van der Waals surface area (Å²) in [7, 11) is 1.62. The number of methoxy groups -OCH3 is 1. The predicted octanol–water partition coefficient (Wildman–Crippen LogP) is 4.25. The Labute approximate surface area is 194 Å². The van der Waals surface area contributed by atoms with Crippen molar-refractivity contribution in [1.29, 1.82) is 0 Å². The molecule has 3 rings (SSSR count). The Kier molecular flexibility index (Phi) is 8.85. The smallest absolute Gasteiger partial charge is 0.251 e. The summed E-state index contributed by atoms with van der Waals surface area (Å²) in [5, 5.41) is 8.87. The normalized spacial score (nSPS) is 11.3. The van der Waals surface area contributed by atoms with Crippen LogP contribution in [0, 0.1) is 0 Å². The van der Waals surface area contributed by atoms with Crippen LogP contribution in [-0.2, 0) is 9.53 Å². The summed E-state index contributed by atoms with van der Waals surface area (Å²) in [5.41, 5.74) is 2.86. The third-order valence-electron chi connectivity index (χ3n) is 4.92. The van der Waals surface area contributed by atoms with Crippen molar-refractivity contribution in [2.75, 3.05) is 37.5 Å². The van der Waals surface area contributed by atoms with Gasteiger partial charge in [-0.2, -0.15) is 0 Å². The minimum absolute atomic E-state index is 0.0886. The first-order valence-electron chi connectivity index (χ1n) is 10.8. The van der Waals surface area contributed by atoms with Gasteiger partial charge in [-0.15, -0.1) is 0 Å². The maximum absolute atomic E-state index is 12.6. The van der Waals surface area contributed by atoms with Crippen LogP contribution < -0.4 is 20.7 Å². The Hall–Kier alpha value is -3.84. The van der Waals surface area contributed by atoms with Crippen molar-refractivity contribution in [3.05, 3.63) is 90.0 Å². The van der Waals surface area contributed by atoms with E-state index in [1.165, 1.54) is 0 Å². The van der Waals surface area contributed by atoms with Crippen molar-refractivity contribution in [2.24, 2.45) is 0 Å². The van der Waals surface area contributed by atoms with Crippen molar-refractivity contribution in [2.45, 2.75) is 13.0 Å². The fraction of sp³-hybridized carbons (Fsp3) is 0.231. The quantitative estimate of drug-likeness (QED) is 0.383. The van der Waals surface area contributed by atoms with Gasteiger partial charge in [-0.1, -0.05) is 36.4 Å². The zero-order valence-corrected chi connectivity index (χ0v) is 18.8. The third-order valence-corrected chi connectivity index (χ3v) is 4.92. The molecule has 0 aromatic heterocycles. The second-order valence-corrected chi connectivity index (χ2v) is 7.45. The van der Waals surface area contributed by atoms with Gasteiger partial charge in [-0.25, -0.2) is 0 Å². The first-order chi connectivity index (χ1) is 16.0. The lowest BCUT2D eigenvalue weighted by Gasteiger charge is -2.15. The number of carbonyl (C=O) groups excluding carboxylic acids is 2. The van der Waals surface area contributed by atoms with Crippen molar-refractivity contribution >= 4 is 23.2 Å². The second-order valence-electron chi connectivity index (χ2n) is 7.45. The number of benzene rings is 3. The van der Waals surface area contributed by atoms with Crippen LogP contribution in [-0.4, -0.2) is 38.7 Å². The molecule has 0 fully saturated rings. The Morgan fingerprint density at radius 3 is 2.36 bits per heavy atom. The highest BCUT2D eigenvalue weighted by Gasteiger charge is 2.12. The van der Waals surface area contributed by atoms with Crippen molar-refractivity contribution < 1.29 is 19.1 Å². The van der Waals surface area contributed by atoms with Gasteiger partial charge >= 0.3 is 0 Å². The molecule has 7 nitrogen and oxygen atoms in total. The SMILES string of the molecule is COCCOc1ccc(NCC(=O)Nc2cccc(C(=O)NC(C)c3ccccc3)c2)cc1. The van der Waals surface area contributed by atoms with Crippen LogP contribution in [0.1, 0.15) is 28.9 Å². The zero-order valence-electron chi connectivity index (χ0n) is 18.8. The lowest BCUT2D eigenvalue weighted by molar-refractivity contribution is -0.114. The number of carbonyl (C=O) groups is 2. The van der Waals surface area contributed by atoms with Crippen molar-refractivity contribution in [3.63, 3.8) is 0 Å². The molecule has 7 heteroatoms. The molecule has 0 bridgehead atoms. The molecule has 2 amide bonds. The molecular formula is C26H29N3O4. The summed E-state index contributed by atoms with van der Waals surface area (Å²) >= 11 is 0. The monoisotopic (exact) mass is 447 g/mol. The lowest BCUT2D eigenvalue weighted by Crippen LogP contribution is -2.27. The van der Waals surface area contributed by atoms with E-state index < -0.39 is 0 Å². The van der Waals surface area contributed by atoms with Crippen LogP contribution in [0.15, 0.2) is 78.9 Å². The molecule has 0 aliphatic carbocycles. The number of rotatable bonds is 11. The third kappa shape index (κ3) is 7.66. The van der Waals surface area contributed by atoms with E-state index in [1.54, 1.807) is 31.4 Å². The molecule has 0 aliphatic rings. The number of amides is 2. The zero-order chi connectivity index (χ0) is 23.5. The van der Waals surface area contributed by atoms with Gasteiger partial charge in [0.05, 0.1) is 19.2 Å². The van der Waals surface area contributed by atoms with Gasteiger partial charge in [-0.05, 0) is 55.0 Å². The van der Waals surface area contributed by atoms with E-state index in [1.807, 2.05) is 61.5 Å². The van der Waals surface area contributed by atoms with Gasteiger partial charge in [0.25, 0.3) is 5.91 Å². The van der Waals surface area contributed by atoms with Gasteiger partial charge in [0.1, 0.15) is 12.4 Å². The minimum atomic E-state index is -0.217. The largest absolute Gasteiger partial charge is 0.491 e. The molecule has 33 heavy (non-hydrogen) atoms. The molecule has 0 saturated heterocycles. The van der Waals surface area contributed by atoms with Crippen LogP contribution in [0.4, 0.5) is 11.4 Å². The van der Waals surface area contributed by atoms with Gasteiger partial charge in [0.15, 0.2) is 0 Å². The molecule has 0 spiro atoms. The van der Waals surface area contributed by atoms with E-state index in [0.29, 0.717) is 24.5 Å². The molecule has 0 saturated carbocycles. The number of anilines is 2. The summed E-state index contributed by atoms with van der Waals surface area (Å²) in [4.78, 5) is 25.0. The average Bonchev–Trinajstić information content (AvgIpc) is 2.84. The minimum Gasteiger partial charge on any atom is -0.491 e. The van der Waals surface area contributed by atoms with E-state index in [4.69, 9.17) is 9.47 Å². The Bertz CT molecular complexity index is 1040. The highest BCUT2D eigenvalue weighted by Crippen LogP contribution is 2.17. The maximum atomic E-state index is 12.6. The van der Waals surface area contributed by atoms with Crippen LogP contribution in [0.3, 0.4) is 0 Å². The lowest BCUT2D eigenvalue weighted by atomic mass is 10.1. The Balaban J connectivity index is 1.49. The molecule has 3 aromatic rings. The highest BCUT2D eigenvalue weighted by atomic mass is 16.5. The summed E-state index contributed by atoms with van der Waals surface area (Å²) in [6.07, 6.45) is 0. The molecule has 0 radical (unpaired) electrons. The van der Waals surface area contributed by atoms with E-state index in [0.717, 1.165) is 17.0 Å². The fourth-order valence-electron chi connectivity index (χ4n) is 3.14. The first kappa shape index (κ1) is 23.8. The Morgan fingerprint density at radius 2 is 1.64 bits per heavy atom. The highest BCUT2D eigenvalue weighted by molar-refractivity contribution is 5.98. The second kappa shape index (κ2) is 12.3. The number of hydrogen-bond donors (Lipinski definition) is 3. The molecule has 3 aromatic carbocycles. The first-order valence-corrected chi connectivity index (χ1v) is 10.8. The van der Waals surface area contributed by atoms with Crippen LogP contribution in [0.2, 0.25) is 0 Å². The van der Waals surface area contributed by atoms with Gasteiger partial charge in [-0.3, -0.25) is 9.59 Å². The van der Waals surface area contributed by atoms with E-state index in [2.05, 4.69) is 16.0 Å². The Morgan fingerprint density at radius 1 is 0.879 bits per heavy atom. The van der Waals surface area contributed by atoms with Gasteiger partial charge in [0, 0.05) is 24.0 Å². The summed E-state index contributed by atoms with van der Waals surface area (Å²) in [6, 6.07) is 23.8.